The molecular weight excluding hydrogens is 298 g/mol. The summed E-state index contributed by atoms with van der Waals surface area (Å²) in [5.41, 5.74) is 2.83. The zero-order valence-corrected chi connectivity index (χ0v) is 13.5. The van der Waals surface area contributed by atoms with Crippen molar-refractivity contribution in [2.24, 2.45) is 4.99 Å². The van der Waals surface area contributed by atoms with Crippen LogP contribution in [0.2, 0.25) is 0 Å². The maximum absolute atomic E-state index is 12.2. The number of para-hydroxylation sites is 1. The largest absolute Gasteiger partial charge is 0.326 e. The molecule has 0 aliphatic carbocycles. The third-order valence-electron chi connectivity index (χ3n) is 3.26. The topological polar surface area (TPSA) is 70.6 Å². The Hall–Kier alpha value is -2.08. The number of benzene rings is 1. The van der Waals surface area contributed by atoms with Crippen LogP contribution in [0.3, 0.4) is 0 Å². The maximum Gasteiger partial charge on any atom is 0.240 e. The number of amides is 2. The number of anilines is 1. The monoisotopic (exact) mass is 317 g/mol. The first-order chi connectivity index (χ1) is 10.5. The first-order valence-electron chi connectivity index (χ1n) is 7.00. The zero-order chi connectivity index (χ0) is 16.1. The number of aryl methyl sites for hydroxylation is 2. The van der Waals surface area contributed by atoms with Gasteiger partial charge in [-0.15, -0.1) is 6.58 Å². The van der Waals surface area contributed by atoms with E-state index in [1.165, 1.54) is 11.8 Å². The number of thioether (sulfide) groups is 1. The predicted molar refractivity (Wildman–Crippen MR) is 91.2 cm³/mol. The molecule has 0 spiro atoms. The van der Waals surface area contributed by atoms with Crippen molar-refractivity contribution in [3.8, 4) is 0 Å². The first-order valence-corrected chi connectivity index (χ1v) is 7.88. The molecule has 1 heterocycles. The summed E-state index contributed by atoms with van der Waals surface area (Å²) in [6, 6.07) is 5.84. The zero-order valence-electron chi connectivity index (χ0n) is 12.7. The van der Waals surface area contributed by atoms with Gasteiger partial charge in [-0.25, -0.2) is 0 Å². The Kier molecular flexibility index (Phi) is 5.38. The van der Waals surface area contributed by atoms with Crippen molar-refractivity contribution in [2.45, 2.75) is 25.5 Å². The van der Waals surface area contributed by atoms with Crippen molar-refractivity contribution in [3.63, 3.8) is 0 Å². The van der Waals surface area contributed by atoms with E-state index in [0.717, 1.165) is 16.8 Å². The van der Waals surface area contributed by atoms with Crippen molar-refractivity contribution in [3.05, 3.63) is 42.0 Å². The highest BCUT2D eigenvalue weighted by molar-refractivity contribution is 8.15. The van der Waals surface area contributed by atoms with E-state index in [0.29, 0.717) is 11.7 Å². The molecule has 5 nitrogen and oxygen atoms in total. The molecule has 1 aliphatic heterocycles. The van der Waals surface area contributed by atoms with Gasteiger partial charge in [0.25, 0.3) is 0 Å². The molecule has 0 aromatic heterocycles. The van der Waals surface area contributed by atoms with Gasteiger partial charge in [-0.2, -0.15) is 0 Å². The average molecular weight is 317 g/mol. The van der Waals surface area contributed by atoms with E-state index < -0.39 is 5.25 Å². The molecular formula is C16H19N3O2S. The molecule has 1 aliphatic rings. The number of amidine groups is 1. The van der Waals surface area contributed by atoms with Crippen molar-refractivity contribution in [1.29, 1.82) is 0 Å². The number of hydrogen-bond donors (Lipinski definition) is 2. The summed E-state index contributed by atoms with van der Waals surface area (Å²) in [4.78, 5) is 28.2. The Balaban J connectivity index is 1.98. The highest BCUT2D eigenvalue weighted by atomic mass is 32.2. The van der Waals surface area contributed by atoms with Crippen LogP contribution in [-0.4, -0.2) is 28.8 Å². The summed E-state index contributed by atoms with van der Waals surface area (Å²) >= 11 is 1.29. The number of aliphatic imine (C=N–C) groups is 1. The van der Waals surface area contributed by atoms with Crippen LogP contribution < -0.4 is 10.6 Å². The molecule has 22 heavy (non-hydrogen) atoms. The SMILES string of the molecule is C=CCN=C1NC(=O)[C@@H](CC(=O)Nc2c(C)cccc2C)S1. The molecule has 6 heteroatoms. The molecule has 0 bridgehead atoms. The standard InChI is InChI=1S/C16H19N3O2S/c1-4-8-17-16-19-15(21)12(22-16)9-13(20)18-14-10(2)6-5-7-11(14)3/h4-7,12H,1,8-9H2,2-3H3,(H,18,20)(H,17,19,21)/t12-/m1/s1. The predicted octanol–water partition coefficient (Wildman–Crippen LogP) is 2.41. The van der Waals surface area contributed by atoms with Gasteiger partial charge in [0.15, 0.2) is 5.17 Å². The summed E-state index contributed by atoms with van der Waals surface area (Å²) < 4.78 is 0. The molecule has 2 N–H and O–H groups in total. The second-order valence-corrected chi connectivity index (χ2v) is 6.24. The van der Waals surface area contributed by atoms with Crippen LogP contribution in [0.15, 0.2) is 35.8 Å². The summed E-state index contributed by atoms with van der Waals surface area (Å²) in [5.74, 6) is -0.348. The van der Waals surface area contributed by atoms with Gasteiger partial charge in [0, 0.05) is 12.1 Å². The van der Waals surface area contributed by atoms with Gasteiger partial charge >= 0.3 is 0 Å². The van der Waals surface area contributed by atoms with Gasteiger partial charge < -0.3 is 10.6 Å². The molecule has 1 saturated heterocycles. The third-order valence-corrected chi connectivity index (χ3v) is 4.38. The van der Waals surface area contributed by atoms with Crippen molar-refractivity contribution >= 4 is 34.4 Å². The third kappa shape index (κ3) is 3.98. The minimum absolute atomic E-state index is 0.122. The smallest absolute Gasteiger partial charge is 0.240 e. The Morgan fingerprint density at radius 1 is 1.45 bits per heavy atom. The number of carbonyl (C=O) groups excluding carboxylic acids is 2. The van der Waals surface area contributed by atoms with E-state index >= 15 is 0 Å². The Labute approximate surface area is 134 Å². The Morgan fingerprint density at radius 2 is 2.14 bits per heavy atom. The normalized spacial score (nSPS) is 19.1. The van der Waals surface area contributed by atoms with Crippen LogP contribution in [0.4, 0.5) is 5.69 Å². The molecule has 0 radical (unpaired) electrons. The quantitative estimate of drug-likeness (QED) is 0.819. The van der Waals surface area contributed by atoms with Gasteiger partial charge in [-0.3, -0.25) is 14.6 Å². The maximum atomic E-state index is 12.2. The first kappa shape index (κ1) is 16.3. The van der Waals surface area contributed by atoms with E-state index in [2.05, 4.69) is 22.2 Å². The van der Waals surface area contributed by atoms with Crippen LogP contribution >= 0.6 is 11.8 Å². The minimum atomic E-state index is -0.437. The fraction of sp³-hybridized carbons (Fsp3) is 0.312. The molecule has 1 aromatic carbocycles. The lowest BCUT2D eigenvalue weighted by Crippen LogP contribution is -2.28. The van der Waals surface area contributed by atoms with E-state index in [9.17, 15) is 9.59 Å². The highest BCUT2D eigenvalue weighted by Gasteiger charge is 2.32. The van der Waals surface area contributed by atoms with Gasteiger partial charge in [0.2, 0.25) is 11.8 Å². The Morgan fingerprint density at radius 3 is 2.77 bits per heavy atom. The van der Waals surface area contributed by atoms with Crippen LogP contribution in [0.1, 0.15) is 17.5 Å². The number of rotatable bonds is 5. The van der Waals surface area contributed by atoms with Crippen molar-refractivity contribution in [1.82, 2.24) is 5.32 Å². The van der Waals surface area contributed by atoms with E-state index in [1.807, 2.05) is 32.0 Å². The lowest BCUT2D eigenvalue weighted by atomic mass is 10.1. The fourth-order valence-corrected chi connectivity index (χ4v) is 3.11. The Bertz CT molecular complexity index is 620. The van der Waals surface area contributed by atoms with Crippen LogP contribution in [0.5, 0.6) is 0 Å². The summed E-state index contributed by atoms with van der Waals surface area (Å²) in [6.45, 7) is 7.91. The van der Waals surface area contributed by atoms with Crippen LogP contribution in [0, 0.1) is 13.8 Å². The lowest BCUT2D eigenvalue weighted by molar-refractivity contribution is -0.122. The second kappa shape index (κ2) is 7.26. The van der Waals surface area contributed by atoms with Gasteiger partial charge in [0.05, 0.1) is 6.54 Å². The molecule has 2 rings (SSSR count). The minimum Gasteiger partial charge on any atom is -0.326 e. The summed E-state index contributed by atoms with van der Waals surface area (Å²) in [6.07, 6.45) is 1.78. The fourth-order valence-electron chi connectivity index (χ4n) is 2.13. The van der Waals surface area contributed by atoms with Gasteiger partial charge in [-0.1, -0.05) is 36.0 Å². The van der Waals surface area contributed by atoms with Crippen molar-refractivity contribution in [2.75, 3.05) is 11.9 Å². The number of nitrogens with one attached hydrogen (secondary N) is 2. The van der Waals surface area contributed by atoms with E-state index in [-0.39, 0.29) is 18.2 Å². The van der Waals surface area contributed by atoms with E-state index in [4.69, 9.17) is 0 Å². The molecule has 0 saturated carbocycles. The second-order valence-electron chi connectivity index (χ2n) is 5.05. The van der Waals surface area contributed by atoms with E-state index in [1.54, 1.807) is 6.08 Å². The summed E-state index contributed by atoms with van der Waals surface area (Å²) in [5, 5.41) is 5.69. The lowest BCUT2D eigenvalue weighted by Gasteiger charge is -2.12. The van der Waals surface area contributed by atoms with Crippen LogP contribution in [0.25, 0.3) is 0 Å². The molecule has 1 aromatic rings. The highest BCUT2D eigenvalue weighted by Crippen LogP contribution is 2.24. The van der Waals surface area contributed by atoms with Gasteiger partial charge in [-0.05, 0) is 25.0 Å². The number of hydrogen-bond acceptors (Lipinski definition) is 4. The van der Waals surface area contributed by atoms with Crippen LogP contribution in [-0.2, 0) is 9.59 Å². The molecule has 1 fully saturated rings. The average Bonchev–Trinajstić information content (AvgIpc) is 2.81. The molecule has 1 atom stereocenters. The molecule has 0 unspecified atom stereocenters. The number of nitrogens with zero attached hydrogens (tertiary/aromatic N) is 1. The molecule has 116 valence electrons. The molecule has 2 amide bonds. The van der Waals surface area contributed by atoms with Crippen molar-refractivity contribution < 1.29 is 9.59 Å². The van der Waals surface area contributed by atoms with Gasteiger partial charge in [0.1, 0.15) is 5.25 Å². The number of carbonyl (C=O) groups is 2. The summed E-state index contributed by atoms with van der Waals surface area (Å²) in [7, 11) is 0.